The largest absolute Gasteiger partial charge is 0.340 e. The fourth-order valence-electron chi connectivity index (χ4n) is 1.46. The van der Waals surface area contributed by atoms with Gasteiger partial charge in [0.25, 0.3) is 5.91 Å². The molecular formula is C10H8ClIN2O2. The van der Waals surface area contributed by atoms with Gasteiger partial charge < -0.3 is 10.6 Å². The normalized spacial score (nSPS) is 19.6. The van der Waals surface area contributed by atoms with Crippen LogP contribution < -0.4 is 10.6 Å². The van der Waals surface area contributed by atoms with Gasteiger partial charge in [0.15, 0.2) is 0 Å². The molecular weight excluding hydrogens is 342 g/mol. The van der Waals surface area contributed by atoms with Crippen molar-refractivity contribution in [1.29, 1.82) is 0 Å². The van der Waals surface area contributed by atoms with Gasteiger partial charge in [-0.3, -0.25) is 9.59 Å². The summed E-state index contributed by atoms with van der Waals surface area (Å²) in [5, 5.41) is 5.61. The van der Waals surface area contributed by atoms with Crippen LogP contribution >= 0.6 is 34.2 Å². The summed E-state index contributed by atoms with van der Waals surface area (Å²) in [6.45, 7) is 1.62. The summed E-state index contributed by atoms with van der Waals surface area (Å²) in [7, 11) is 0. The molecule has 0 spiro atoms. The number of benzene rings is 1. The van der Waals surface area contributed by atoms with E-state index in [0.717, 1.165) is 3.57 Å². The minimum atomic E-state index is -0.563. The third kappa shape index (κ3) is 1.89. The second-order valence-corrected chi connectivity index (χ2v) is 5.03. The van der Waals surface area contributed by atoms with Crippen molar-refractivity contribution in [3.8, 4) is 0 Å². The molecule has 1 atom stereocenters. The average Bonchev–Trinajstić information content (AvgIpc) is 2.33. The molecule has 0 fully saturated rings. The standard InChI is InChI=1S/C10H8ClIN2O2/c1-4-9(15)14-8-6(12)3-2-5(11)7(8)10(16)13-4/h2-4H,1H3,(H,13,16)(H,14,15). The van der Waals surface area contributed by atoms with Gasteiger partial charge >= 0.3 is 0 Å². The maximum Gasteiger partial charge on any atom is 0.255 e. The zero-order chi connectivity index (χ0) is 11.9. The van der Waals surface area contributed by atoms with Gasteiger partial charge in [-0.15, -0.1) is 0 Å². The van der Waals surface area contributed by atoms with E-state index in [1.54, 1.807) is 19.1 Å². The van der Waals surface area contributed by atoms with Gasteiger partial charge in [-0.1, -0.05) is 11.6 Å². The number of carbonyl (C=O) groups excluding carboxylic acids is 2. The summed E-state index contributed by atoms with van der Waals surface area (Å²) in [6.07, 6.45) is 0. The molecule has 0 saturated carbocycles. The number of amides is 2. The highest BCUT2D eigenvalue weighted by Crippen LogP contribution is 2.30. The fourth-order valence-corrected chi connectivity index (χ4v) is 2.29. The van der Waals surface area contributed by atoms with Crippen molar-refractivity contribution in [1.82, 2.24) is 5.32 Å². The highest BCUT2D eigenvalue weighted by Gasteiger charge is 2.27. The van der Waals surface area contributed by atoms with E-state index < -0.39 is 6.04 Å². The number of anilines is 1. The van der Waals surface area contributed by atoms with Crippen molar-refractivity contribution >= 4 is 51.7 Å². The number of nitrogens with one attached hydrogen (secondary N) is 2. The van der Waals surface area contributed by atoms with Crippen LogP contribution in [-0.4, -0.2) is 17.9 Å². The second-order valence-electron chi connectivity index (χ2n) is 3.46. The molecule has 2 rings (SSSR count). The lowest BCUT2D eigenvalue weighted by molar-refractivity contribution is -0.117. The highest BCUT2D eigenvalue weighted by atomic mass is 127. The van der Waals surface area contributed by atoms with Crippen molar-refractivity contribution in [2.75, 3.05) is 5.32 Å². The molecule has 2 amide bonds. The lowest BCUT2D eigenvalue weighted by Gasteiger charge is -2.08. The molecule has 0 aliphatic carbocycles. The van der Waals surface area contributed by atoms with E-state index in [0.29, 0.717) is 16.3 Å². The molecule has 0 aromatic heterocycles. The Morgan fingerprint density at radius 1 is 1.38 bits per heavy atom. The smallest absolute Gasteiger partial charge is 0.255 e. The van der Waals surface area contributed by atoms with Crippen molar-refractivity contribution in [3.05, 3.63) is 26.3 Å². The quantitative estimate of drug-likeness (QED) is 0.703. The first kappa shape index (κ1) is 11.7. The Balaban J connectivity index is 2.64. The van der Waals surface area contributed by atoms with Crippen LogP contribution in [0.4, 0.5) is 5.69 Å². The van der Waals surface area contributed by atoms with Crippen LogP contribution in [0.15, 0.2) is 12.1 Å². The number of hydrogen-bond donors (Lipinski definition) is 2. The number of halogens is 2. The molecule has 0 saturated heterocycles. The first-order chi connectivity index (χ1) is 7.50. The summed E-state index contributed by atoms with van der Waals surface area (Å²) in [5.74, 6) is -0.573. The molecule has 2 N–H and O–H groups in total. The monoisotopic (exact) mass is 350 g/mol. The molecule has 84 valence electrons. The fraction of sp³-hybridized carbons (Fsp3) is 0.200. The molecule has 1 aromatic carbocycles. The Morgan fingerprint density at radius 2 is 2.06 bits per heavy atom. The average molecular weight is 351 g/mol. The van der Waals surface area contributed by atoms with Gasteiger partial charge in [0.05, 0.1) is 16.3 Å². The van der Waals surface area contributed by atoms with E-state index in [1.165, 1.54) is 0 Å². The number of fused-ring (bicyclic) bond motifs is 1. The van der Waals surface area contributed by atoms with E-state index in [2.05, 4.69) is 33.2 Å². The van der Waals surface area contributed by atoms with Crippen molar-refractivity contribution in [2.45, 2.75) is 13.0 Å². The second kappa shape index (κ2) is 4.21. The number of carbonyl (C=O) groups is 2. The van der Waals surface area contributed by atoms with Gasteiger partial charge in [-0.2, -0.15) is 0 Å². The summed E-state index contributed by atoms with van der Waals surface area (Å²) in [5.41, 5.74) is 0.811. The highest BCUT2D eigenvalue weighted by molar-refractivity contribution is 14.1. The van der Waals surface area contributed by atoms with Gasteiger partial charge in [0.1, 0.15) is 6.04 Å². The summed E-state index contributed by atoms with van der Waals surface area (Å²) in [6, 6.07) is 2.83. The molecule has 1 aromatic rings. The van der Waals surface area contributed by atoms with Gasteiger partial charge in [-0.25, -0.2) is 0 Å². The van der Waals surface area contributed by atoms with Crippen LogP contribution in [0.25, 0.3) is 0 Å². The Morgan fingerprint density at radius 3 is 2.75 bits per heavy atom. The summed E-state index contributed by atoms with van der Waals surface area (Å²) < 4.78 is 0.787. The van der Waals surface area contributed by atoms with Crippen LogP contribution in [0.5, 0.6) is 0 Å². The van der Waals surface area contributed by atoms with Crippen molar-refractivity contribution < 1.29 is 9.59 Å². The number of hydrogen-bond acceptors (Lipinski definition) is 2. The van der Waals surface area contributed by atoms with E-state index in [-0.39, 0.29) is 11.8 Å². The first-order valence-corrected chi connectivity index (χ1v) is 6.06. The molecule has 0 radical (unpaired) electrons. The topological polar surface area (TPSA) is 58.2 Å². The van der Waals surface area contributed by atoms with E-state index in [1.807, 2.05) is 0 Å². The molecule has 1 aliphatic heterocycles. The molecule has 16 heavy (non-hydrogen) atoms. The van der Waals surface area contributed by atoms with Gasteiger partial charge in [-0.05, 0) is 41.6 Å². The Labute approximate surface area is 111 Å². The minimum Gasteiger partial charge on any atom is -0.340 e. The molecule has 0 bridgehead atoms. The zero-order valence-corrected chi connectivity index (χ0v) is 11.2. The lowest BCUT2D eigenvalue weighted by Crippen LogP contribution is -2.38. The Kier molecular flexibility index (Phi) is 3.07. The van der Waals surface area contributed by atoms with Crippen LogP contribution in [-0.2, 0) is 4.79 Å². The molecule has 4 nitrogen and oxygen atoms in total. The third-order valence-electron chi connectivity index (χ3n) is 2.32. The van der Waals surface area contributed by atoms with E-state index >= 15 is 0 Å². The maximum atomic E-state index is 11.8. The number of rotatable bonds is 0. The van der Waals surface area contributed by atoms with Crippen LogP contribution in [0, 0.1) is 3.57 Å². The van der Waals surface area contributed by atoms with Crippen LogP contribution in [0.2, 0.25) is 5.02 Å². The lowest BCUT2D eigenvalue weighted by atomic mass is 10.1. The SMILES string of the molecule is CC1NC(=O)c2c(Cl)ccc(I)c2NC1=O. The molecule has 6 heteroatoms. The third-order valence-corrected chi connectivity index (χ3v) is 3.53. The van der Waals surface area contributed by atoms with Crippen molar-refractivity contribution in [3.63, 3.8) is 0 Å². The molecule has 1 heterocycles. The summed E-state index contributed by atoms with van der Waals surface area (Å²) >= 11 is 8.01. The van der Waals surface area contributed by atoms with Crippen molar-refractivity contribution in [2.24, 2.45) is 0 Å². The molecule has 1 aliphatic rings. The Bertz CT molecular complexity index is 490. The zero-order valence-electron chi connectivity index (χ0n) is 8.30. The van der Waals surface area contributed by atoms with E-state index in [9.17, 15) is 9.59 Å². The first-order valence-electron chi connectivity index (χ1n) is 4.60. The minimum absolute atomic E-state index is 0.243. The van der Waals surface area contributed by atoms with Crippen LogP contribution in [0.3, 0.4) is 0 Å². The maximum absolute atomic E-state index is 11.8. The van der Waals surface area contributed by atoms with Crippen LogP contribution in [0.1, 0.15) is 17.3 Å². The molecule has 1 unspecified atom stereocenters. The van der Waals surface area contributed by atoms with E-state index in [4.69, 9.17) is 11.6 Å². The van der Waals surface area contributed by atoms with Gasteiger partial charge in [0.2, 0.25) is 5.91 Å². The predicted octanol–water partition coefficient (Wildman–Crippen LogP) is 2.02. The summed E-state index contributed by atoms with van der Waals surface area (Å²) in [4.78, 5) is 23.5. The van der Waals surface area contributed by atoms with Gasteiger partial charge in [0, 0.05) is 3.57 Å². The Hall–Kier alpha value is -0.820. The predicted molar refractivity (Wildman–Crippen MR) is 69.7 cm³/mol.